The number of hydrogen-bond acceptors (Lipinski definition) is 7. The number of ether oxygens (including phenoxy) is 2. The number of carbonyl (C=O) groups excluding carboxylic acids is 4. The molecular weight excluding hydrogens is 622 g/mol. The third-order valence-electron chi connectivity index (χ3n) is 10.2. The van der Waals surface area contributed by atoms with E-state index in [4.69, 9.17) is 9.47 Å². The third kappa shape index (κ3) is 7.07. The lowest BCUT2D eigenvalue weighted by molar-refractivity contribution is -0.162. The Balaban J connectivity index is 1.51. The lowest BCUT2D eigenvalue weighted by Gasteiger charge is -2.39. The van der Waals surface area contributed by atoms with Crippen molar-refractivity contribution in [3.05, 3.63) is 97.1 Å². The molecule has 3 heterocycles. The maximum absolute atomic E-state index is 14.8. The first kappa shape index (κ1) is 36.0. The molecule has 8 atom stereocenters. The van der Waals surface area contributed by atoms with E-state index in [1.165, 1.54) is 4.90 Å². The van der Waals surface area contributed by atoms with E-state index in [1.54, 1.807) is 24.0 Å². The molecule has 0 unspecified atom stereocenters. The number of nitrogens with one attached hydrogen (secondary N) is 1. The molecule has 10 nitrogen and oxygen atoms in total. The second-order valence-electron chi connectivity index (χ2n) is 13.3. The summed E-state index contributed by atoms with van der Waals surface area (Å²) >= 11 is 0. The number of hydrogen-bond donors (Lipinski definition) is 2. The molecule has 3 aliphatic heterocycles. The van der Waals surface area contributed by atoms with Gasteiger partial charge in [-0.15, -0.1) is 13.2 Å². The summed E-state index contributed by atoms with van der Waals surface area (Å²) in [4.78, 5) is 59.6. The SMILES string of the molecule is C=CCCC(=O)N[C@H](C)[C@@H](OC(=O)[C@@H]1[C@H]2C(=O)N([C@H](CO)c3ccccc3)[C@H](C(=O)N(CC=C)CCCC)[C@]23CC[C@H]1O3)c1ccccc1. The topological polar surface area (TPSA) is 125 Å². The molecule has 2 aromatic rings. The Labute approximate surface area is 289 Å². The van der Waals surface area contributed by atoms with Crippen LogP contribution in [0.5, 0.6) is 0 Å². The monoisotopic (exact) mass is 671 g/mol. The summed E-state index contributed by atoms with van der Waals surface area (Å²) in [6, 6.07) is 15.8. The Hall–Kier alpha value is -4.28. The number of amides is 3. The number of rotatable bonds is 17. The summed E-state index contributed by atoms with van der Waals surface area (Å²) in [5.41, 5.74) is 0.0949. The van der Waals surface area contributed by atoms with Crippen LogP contribution in [0.3, 0.4) is 0 Å². The van der Waals surface area contributed by atoms with E-state index >= 15 is 0 Å². The average Bonchev–Trinajstić information content (AvgIpc) is 3.76. The molecule has 0 saturated carbocycles. The highest BCUT2D eigenvalue weighted by atomic mass is 16.6. The molecular formula is C39H49N3O7. The minimum absolute atomic E-state index is 0.197. The highest BCUT2D eigenvalue weighted by Gasteiger charge is 2.75. The number of unbranched alkanes of at least 4 members (excludes halogenated alkanes) is 1. The summed E-state index contributed by atoms with van der Waals surface area (Å²) in [6.45, 7) is 11.7. The maximum Gasteiger partial charge on any atom is 0.313 e. The van der Waals surface area contributed by atoms with Crippen LogP contribution >= 0.6 is 0 Å². The minimum Gasteiger partial charge on any atom is -0.455 e. The fraction of sp³-hybridized carbons (Fsp3) is 0.487. The number of benzene rings is 2. The Morgan fingerprint density at radius 3 is 2.39 bits per heavy atom. The van der Waals surface area contributed by atoms with Crippen molar-refractivity contribution in [3.63, 3.8) is 0 Å². The van der Waals surface area contributed by atoms with Crippen LogP contribution in [0.25, 0.3) is 0 Å². The van der Waals surface area contributed by atoms with E-state index in [-0.39, 0.29) is 24.8 Å². The molecule has 0 aromatic heterocycles. The number of carbonyl (C=O) groups is 4. The lowest BCUT2D eigenvalue weighted by atomic mass is 9.70. The number of fused-ring (bicyclic) bond motifs is 1. The number of aliphatic hydroxyl groups is 1. The van der Waals surface area contributed by atoms with Crippen LogP contribution in [0.15, 0.2) is 86.0 Å². The van der Waals surface area contributed by atoms with Gasteiger partial charge >= 0.3 is 5.97 Å². The number of likely N-dealkylation sites (tertiary alicyclic amines) is 1. The van der Waals surface area contributed by atoms with Crippen molar-refractivity contribution in [1.82, 2.24) is 15.1 Å². The third-order valence-corrected chi connectivity index (χ3v) is 10.2. The maximum atomic E-state index is 14.8. The van der Waals surface area contributed by atoms with Gasteiger partial charge in [-0.2, -0.15) is 0 Å². The normalized spacial score (nSPS) is 25.6. The zero-order chi connectivity index (χ0) is 35.1. The molecule has 0 aliphatic carbocycles. The van der Waals surface area contributed by atoms with Crippen LogP contribution in [0.4, 0.5) is 0 Å². The fourth-order valence-corrected chi connectivity index (χ4v) is 7.91. The van der Waals surface area contributed by atoms with Crippen molar-refractivity contribution in [2.45, 2.75) is 88.3 Å². The zero-order valence-electron chi connectivity index (χ0n) is 28.5. The van der Waals surface area contributed by atoms with Gasteiger partial charge in [0.25, 0.3) is 0 Å². The first-order valence-corrected chi connectivity index (χ1v) is 17.4. The van der Waals surface area contributed by atoms with Gasteiger partial charge in [0.1, 0.15) is 17.7 Å². The molecule has 3 aliphatic rings. The summed E-state index contributed by atoms with van der Waals surface area (Å²) in [7, 11) is 0. The van der Waals surface area contributed by atoms with Gasteiger partial charge in [0.2, 0.25) is 17.7 Å². The van der Waals surface area contributed by atoms with Crippen LogP contribution in [-0.2, 0) is 28.7 Å². The summed E-state index contributed by atoms with van der Waals surface area (Å²) in [6.07, 6.45) is 5.14. The average molecular weight is 672 g/mol. The molecule has 1 spiro atoms. The largest absolute Gasteiger partial charge is 0.455 e. The van der Waals surface area contributed by atoms with Gasteiger partial charge in [-0.3, -0.25) is 19.2 Å². The Kier molecular flexibility index (Phi) is 11.7. The Bertz CT molecular complexity index is 1500. The molecule has 3 saturated heterocycles. The van der Waals surface area contributed by atoms with E-state index < -0.39 is 66.3 Å². The smallest absolute Gasteiger partial charge is 0.313 e. The Morgan fingerprint density at radius 1 is 1.10 bits per heavy atom. The molecule has 2 N–H and O–H groups in total. The molecule has 2 bridgehead atoms. The van der Waals surface area contributed by atoms with Gasteiger partial charge in [-0.05, 0) is 43.7 Å². The van der Waals surface area contributed by atoms with Crippen molar-refractivity contribution in [3.8, 4) is 0 Å². The van der Waals surface area contributed by atoms with Gasteiger partial charge < -0.3 is 29.7 Å². The molecule has 49 heavy (non-hydrogen) atoms. The first-order valence-electron chi connectivity index (χ1n) is 17.4. The second-order valence-corrected chi connectivity index (χ2v) is 13.3. The highest BCUT2D eigenvalue weighted by Crippen LogP contribution is 2.60. The van der Waals surface area contributed by atoms with Crippen LogP contribution in [0.1, 0.15) is 75.6 Å². The van der Waals surface area contributed by atoms with E-state index in [1.807, 2.05) is 67.6 Å². The summed E-state index contributed by atoms with van der Waals surface area (Å²) < 4.78 is 12.9. The van der Waals surface area contributed by atoms with Gasteiger partial charge in [0, 0.05) is 19.5 Å². The van der Waals surface area contributed by atoms with Crippen LogP contribution in [0.2, 0.25) is 0 Å². The van der Waals surface area contributed by atoms with Gasteiger partial charge in [-0.25, -0.2) is 0 Å². The van der Waals surface area contributed by atoms with Crippen LogP contribution < -0.4 is 5.32 Å². The predicted molar refractivity (Wildman–Crippen MR) is 185 cm³/mol. The number of aliphatic hydroxyl groups excluding tert-OH is 1. The van der Waals surface area contributed by atoms with Crippen LogP contribution in [-0.4, -0.2) is 82.1 Å². The molecule has 10 heteroatoms. The quantitative estimate of drug-likeness (QED) is 0.185. The van der Waals surface area contributed by atoms with Crippen LogP contribution in [0, 0.1) is 11.8 Å². The van der Waals surface area contributed by atoms with Gasteiger partial charge in [0.15, 0.2) is 0 Å². The molecule has 3 amide bonds. The van der Waals surface area contributed by atoms with Gasteiger partial charge in [-0.1, -0.05) is 86.2 Å². The molecule has 0 radical (unpaired) electrons. The second kappa shape index (κ2) is 16.0. The van der Waals surface area contributed by atoms with Crippen molar-refractivity contribution >= 4 is 23.7 Å². The van der Waals surface area contributed by atoms with Crippen molar-refractivity contribution in [2.75, 3.05) is 19.7 Å². The summed E-state index contributed by atoms with van der Waals surface area (Å²) in [5, 5.41) is 13.7. The number of allylic oxidation sites excluding steroid dienone is 1. The number of esters is 1. The first-order chi connectivity index (χ1) is 23.7. The van der Waals surface area contributed by atoms with E-state index in [0.29, 0.717) is 36.9 Å². The zero-order valence-corrected chi connectivity index (χ0v) is 28.5. The summed E-state index contributed by atoms with van der Waals surface area (Å²) in [5.74, 6) is -3.48. The van der Waals surface area contributed by atoms with Crippen molar-refractivity contribution in [1.29, 1.82) is 0 Å². The van der Waals surface area contributed by atoms with E-state index in [9.17, 15) is 24.3 Å². The molecule has 5 rings (SSSR count). The van der Waals surface area contributed by atoms with Crippen molar-refractivity contribution in [2.24, 2.45) is 11.8 Å². The molecule has 262 valence electrons. The molecule has 2 aromatic carbocycles. The van der Waals surface area contributed by atoms with Crippen molar-refractivity contribution < 1.29 is 33.8 Å². The highest BCUT2D eigenvalue weighted by molar-refractivity contribution is 5.98. The minimum atomic E-state index is -1.27. The molecule has 3 fully saturated rings. The fourth-order valence-electron chi connectivity index (χ4n) is 7.91. The van der Waals surface area contributed by atoms with E-state index in [0.717, 1.165) is 12.8 Å². The van der Waals surface area contributed by atoms with E-state index in [2.05, 4.69) is 18.5 Å². The lowest BCUT2D eigenvalue weighted by Crippen LogP contribution is -2.57. The Morgan fingerprint density at radius 2 is 1.78 bits per heavy atom. The standard InChI is InChI=1S/C39H49N3O7/c1-5-8-20-31(44)40-26(4)34(28-18-14-11-15-19-28)48-38(47)32-30-21-22-39(49-30)33(32)36(45)42(29(25-43)27-16-12-10-13-17-27)35(39)37(46)41(23-7-3)24-9-6-2/h5,7,10-19,26,29-30,32-35,43H,1,3,6,8-9,20-25H2,2,4H3,(H,40,44)/t26-,29-,30-,32+,33+,34-,35-,39+/m1/s1. The van der Waals surface area contributed by atoms with Gasteiger partial charge in [0.05, 0.1) is 36.6 Å². The predicted octanol–water partition coefficient (Wildman–Crippen LogP) is 4.66. The number of nitrogens with zero attached hydrogens (tertiary/aromatic N) is 2.